The Hall–Kier alpha value is -1.28. The molecule has 0 saturated carbocycles. The topological polar surface area (TPSA) is 123 Å². The summed E-state index contributed by atoms with van der Waals surface area (Å²) in [6.07, 6.45) is 0.596. The van der Waals surface area contributed by atoms with Crippen molar-refractivity contribution >= 4 is 15.9 Å². The fourth-order valence-electron chi connectivity index (χ4n) is 2.24. The van der Waals surface area contributed by atoms with Gasteiger partial charge in [0.25, 0.3) is 10.1 Å². The van der Waals surface area contributed by atoms with Crippen LogP contribution in [0.1, 0.15) is 18.9 Å². The lowest BCUT2D eigenvalue weighted by Gasteiger charge is -2.19. The standard InChI is InChI=1S/C14H22N2O4S/c1-10(7-12(15)9-21(18,19)20)14(17)13(16)8-11-5-3-2-4-6-11/h2-6,10,12-13H,7-9,15-16H2,1H3,(H,18,19,20)/t10?,12?,13-/m1/s1. The van der Waals surface area contributed by atoms with Crippen molar-refractivity contribution in [1.29, 1.82) is 0 Å². The normalized spacial score (nSPS) is 16.2. The number of hydrogen-bond acceptors (Lipinski definition) is 5. The Kier molecular flexibility index (Phi) is 6.47. The zero-order valence-electron chi connectivity index (χ0n) is 12.0. The van der Waals surface area contributed by atoms with Crippen LogP contribution >= 0.6 is 0 Å². The second-order valence-corrected chi connectivity index (χ2v) is 6.84. The quantitative estimate of drug-likeness (QED) is 0.595. The summed E-state index contributed by atoms with van der Waals surface area (Å²) in [5.41, 5.74) is 12.5. The van der Waals surface area contributed by atoms with E-state index < -0.39 is 33.9 Å². The van der Waals surface area contributed by atoms with Crippen LogP contribution in [0.2, 0.25) is 0 Å². The molecule has 0 bridgehead atoms. The first-order valence-corrected chi connectivity index (χ1v) is 8.34. The van der Waals surface area contributed by atoms with Crippen LogP contribution in [0.25, 0.3) is 0 Å². The van der Waals surface area contributed by atoms with Gasteiger partial charge in [0.1, 0.15) is 0 Å². The van der Waals surface area contributed by atoms with Crippen LogP contribution < -0.4 is 11.5 Å². The van der Waals surface area contributed by atoms with Gasteiger partial charge in [-0.2, -0.15) is 8.42 Å². The summed E-state index contributed by atoms with van der Waals surface area (Å²) >= 11 is 0. The van der Waals surface area contributed by atoms with Crippen LogP contribution in [-0.4, -0.2) is 36.6 Å². The van der Waals surface area contributed by atoms with E-state index in [4.69, 9.17) is 16.0 Å². The van der Waals surface area contributed by atoms with E-state index in [1.807, 2.05) is 30.3 Å². The summed E-state index contributed by atoms with van der Waals surface area (Å²) in [6.45, 7) is 1.66. The third-order valence-corrected chi connectivity index (χ3v) is 4.08. The Balaban J connectivity index is 2.53. The molecular formula is C14H22N2O4S. The van der Waals surface area contributed by atoms with Gasteiger partial charge in [0.2, 0.25) is 0 Å². The van der Waals surface area contributed by atoms with Crippen LogP contribution in [0.3, 0.4) is 0 Å². The molecule has 21 heavy (non-hydrogen) atoms. The fourth-order valence-corrected chi connectivity index (χ4v) is 2.92. The number of carbonyl (C=O) groups excluding carboxylic acids is 1. The maximum Gasteiger partial charge on any atom is 0.266 e. The number of benzene rings is 1. The van der Waals surface area contributed by atoms with Crippen LogP contribution in [0.5, 0.6) is 0 Å². The van der Waals surface area contributed by atoms with Crippen LogP contribution in [-0.2, 0) is 21.3 Å². The lowest BCUT2D eigenvalue weighted by Crippen LogP contribution is -2.40. The Bertz CT molecular complexity index is 560. The molecule has 0 heterocycles. The molecule has 0 aliphatic rings. The molecule has 2 unspecified atom stereocenters. The van der Waals surface area contributed by atoms with Gasteiger partial charge < -0.3 is 11.5 Å². The van der Waals surface area contributed by atoms with Crippen molar-refractivity contribution in [3.8, 4) is 0 Å². The summed E-state index contributed by atoms with van der Waals surface area (Å²) in [7, 11) is -4.13. The van der Waals surface area contributed by atoms with E-state index in [1.165, 1.54) is 0 Å². The second-order valence-electron chi connectivity index (χ2n) is 5.34. The van der Waals surface area contributed by atoms with Crippen molar-refractivity contribution in [1.82, 2.24) is 0 Å². The highest BCUT2D eigenvalue weighted by molar-refractivity contribution is 7.85. The Morgan fingerprint density at radius 1 is 1.24 bits per heavy atom. The number of rotatable bonds is 8. The molecular weight excluding hydrogens is 292 g/mol. The summed E-state index contributed by atoms with van der Waals surface area (Å²) in [5.74, 6) is -1.18. The van der Waals surface area contributed by atoms with Crippen molar-refractivity contribution in [2.45, 2.75) is 31.8 Å². The third-order valence-electron chi connectivity index (χ3n) is 3.23. The molecule has 7 heteroatoms. The highest BCUT2D eigenvalue weighted by Gasteiger charge is 2.24. The molecule has 0 aliphatic carbocycles. The molecule has 3 atom stereocenters. The number of hydrogen-bond donors (Lipinski definition) is 3. The number of nitrogens with two attached hydrogens (primary N) is 2. The molecule has 0 saturated heterocycles. The summed E-state index contributed by atoms with van der Waals surface area (Å²) in [4.78, 5) is 12.2. The molecule has 0 amide bonds. The average molecular weight is 314 g/mol. The fraction of sp³-hybridized carbons (Fsp3) is 0.500. The molecule has 118 valence electrons. The lowest BCUT2D eigenvalue weighted by atomic mass is 9.91. The van der Waals surface area contributed by atoms with Gasteiger partial charge in [-0.25, -0.2) is 0 Å². The van der Waals surface area contributed by atoms with E-state index in [2.05, 4.69) is 0 Å². The van der Waals surface area contributed by atoms with E-state index >= 15 is 0 Å². The zero-order chi connectivity index (χ0) is 16.0. The monoisotopic (exact) mass is 314 g/mol. The molecule has 6 nitrogen and oxygen atoms in total. The Labute approximate surface area is 125 Å². The first-order valence-electron chi connectivity index (χ1n) is 6.73. The molecule has 1 rings (SSSR count). The van der Waals surface area contributed by atoms with E-state index in [0.717, 1.165) is 5.56 Å². The Morgan fingerprint density at radius 3 is 2.33 bits per heavy atom. The minimum absolute atomic E-state index is 0.162. The van der Waals surface area contributed by atoms with Crippen molar-refractivity contribution in [2.24, 2.45) is 17.4 Å². The molecule has 5 N–H and O–H groups in total. The molecule has 1 aromatic rings. The maximum absolute atomic E-state index is 12.2. The number of carbonyl (C=O) groups is 1. The maximum atomic E-state index is 12.2. The van der Waals surface area contributed by atoms with Gasteiger partial charge in [0, 0.05) is 12.0 Å². The third kappa shape index (κ3) is 6.81. The van der Waals surface area contributed by atoms with Gasteiger partial charge >= 0.3 is 0 Å². The molecule has 0 spiro atoms. The summed E-state index contributed by atoms with van der Waals surface area (Å²) < 4.78 is 30.2. The predicted octanol–water partition coefficient (Wildman–Crippen LogP) is 0.367. The molecule has 1 aromatic carbocycles. The number of Topliss-reactive ketones (excluding diaryl/α,β-unsaturated/α-hetero) is 1. The van der Waals surface area contributed by atoms with Crippen LogP contribution in [0, 0.1) is 5.92 Å². The van der Waals surface area contributed by atoms with E-state index in [1.54, 1.807) is 6.92 Å². The molecule has 0 aromatic heterocycles. The van der Waals surface area contributed by atoms with Gasteiger partial charge in [-0.1, -0.05) is 37.3 Å². The highest BCUT2D eigenvalue weighted by Crippen LogP contribution is 2.12. The molecule has 0 radical (unpaired) electrons. The molecule has 0 fully saturated rings. The van der Waals surface area contributed by atoms with Gasteiger partial charge in [0.05, 0.1) is 11.8 Å². The van der Waals surface area contributed by atoms with Gasteiger partial charge in [-0.3, -0.25) is 9.35 Å². The van der Waals surface area contributed by atoms with Gasteiger partial charge in [0.15, 0.2) is 5.78 Å². The first kappa shape index (κ1) is 17.8. The first-order chi connectivity index (χ1) is 9.69. The van der Waals surface area contributed by atoms with Gasteiger partial charge in [-0.05, 0) is 18.4 Å². The average Bonchev–Trinajstić information content (AvgIpc) is 2.36. The summed E-state index contributed by atoms with van der Waals surface area (Å²) in [5, 5.41) is 0. The van der Waals surface area contributed by atoms with Crippen molar-refractivity contribution in [2.75, 3.05) is 5.75 Å². The number of ketones is 1. The van der Waals surface area contributed by atoms with Crippen molar-refractivity contribution in [3.05, 3.63) is 35.9 Å². The van der Waals surface area contributed by atoms with Crippen LogP contribution in [0.15, 0.2) is 30.3 Å². The zero-order valence-corrected chi connectivity index (χ0v) is 12.8. The van der Waals surface area contributed by atoms with Gasteiger partial charge in [-0.15, -0.1) is 0 Å². The van der Waals surface area contributed by atoms with Crippen molar-refractivity contribution in [3.63, 3.8) is 0 Å². The second kappa shape index (κ2) is 7.65. The Morgan fingerprint density at radius 2 is 1.81 bits per heavy atom. The lowest BCUT2D eigenvalue weighted by molar-refractivity contribution is -0.123. The smallest absolute Gasteiger partial charge is 0.266 e. The SMILES string of the molecule is CC(CC(N)CS(=O)(=O)O)C(=O)[C@H](N)Cc1ccccc1. The minimum atomic E-state index is -4.13. The van der Waals surface area contributed by atoms with Crippen LogP contribution in [0.4, 0.5) is 0 Å². The van der Waals surface area contributed by atoms with E-state index in [9.17, 15) is 13.2 Å². The predicted molar refractivity (Wildman–Crippen MR) is 81.3 cm³/mol. The largest absolute Gasteiger partial charge is 0.327 e. The van der Waals surface area contributed by atoms with Crippen molar-refractivity contribution < 1.29 is 17.8 Å². The molecule has 0 aliphatic heterocycles. The highest BCUT2D eigenvalue weighted by atomic mass is 32.2. The minimum Gasteiger partial charge on any atom is -0.327 e. The summed E-state index contributed by atoms with van der Waals surface area (Å²) in [6, 6.07) is 7.97. The van der Waals surface area contributed by atoms with E-state index in [-0.39, 0.29) is 12.2 Å². The van der Waals surface area contributed by atoms with E-state index in [0.29, 0.717) is 6.42 Å².